The van der Waals surface area contributed by atoms with E-state index in [1.165, 1.54) is 32.1 Å². The second-order valence-electron chi connectivity index (χ2n) is 6.97. The summed E-state index contributed by atoms with van der Waals surface area (Å²) in [5.41, 5.74) is 3.01. The normalized spacial score (nSPS) is 15.1. The Morgan fingerprint density at radius 3 is 2.58 bits per heavy atom. The number of hydrogen-bond donors (Lipinski definition) is 2. The van der Waals surface area contributed by atoms with Gasteiger partial charge in [0.1, 0.15) is 0 Å². The number of anilines is 1. The Balaban J connectivity index is 1.63. The topological polar surface area (TPSA) is 58.2 Å². The number of carbonyl (C=O) groups is 2. The molecule has 0 spiro atoms. The van der Waals surface area contributed by atoms with Gasteiger partial charge >= 0.3 is 0 Å². The van der Waals surface area contributed by atoms with Crippen molar-refractivity contribution in [1.82, 2.24) is 5.32 Å². The minimum Gasteiger partial charge on any atom is -0.347 e. The number of nitrogens with one attached hydrogen (secondary N) is 2. The molecule has 0 atom stereocenters. The van der Waals surface area contributed by atoms with E-state index in [0.717, 1.165) is 35.6 Å². The van der Waals surface area contributed by atoms with E-state index in [0.29, 0.717) is 6.42 Å². The predicted octanol–water partition coefficient (Wildman–Crippen LogP) is 4.11. The summed E-state index contributed by atoms with van der Waals surface area (Å²) in [6, 6.07) is 5.81. The predicted molar refractivity (Wildman–Crippen MR) is 98.0 cm³/mol. The van der Waals surface area contributed by atoms with E-state index in [1.807, 2.05) is 32.0 Å². The first-order valence-corrected chi connectivity index (χ1v) is 9.19. The standard InChI is InChI=1S/C20H30N2O2/c1-15-8-6-12-18(16(15)2)22-20(24)14-21-19(23)13-7-11-17-9-4-3-5-10-17/h6,8,12,17H,3-5,7,9-11,13-14H2,1-2H3,(H,21,23)(H,22,24). The molecule has 1 aliphatic rings. The van der Waals surface area contributed by atoms with Crippen molar-refractivity contribution in [2.24, 2.45) is 5.92 Å². The third-order valence-corrected chi connectivity index (χ3v) is 5.07. The number of benzene rings is 1. The molecule has 0 radical (unpaired) electrons. The average molecular weight is 330 g/mol. The second kappa shape index (κ2) is 9.45. The zero-order valence-electron chi connectivity index (χ0n) is 15.0. The van der Waals surface area contributed by atoms with Crippen LogP contribution in [0.15, 0.2) is 18.2 Å². The summed E-state index contributed by atoms with van der Waals surface area (Å²) < 4.78 is 0. The van der Waals surface area contributed by atoms with Gasteiger partial charge in [0.2, 0.25) is 11.8 Å². The highest BCUT2D eigenvalue weighted by atomic mass is 16.2. The number of hydrogen-bond acceptors (Lipinski definition) is 2. The van der Waals surface area contributed by atoms with Gasteiger partial charge in [-0.15, -0.1) is 0 Å². The molecule has 1 aliphatic carbocycles. The first-order valence-electron chi connectivity index (χ1n) is 9.19. The van der Waals surface area contributed by atoms with E-state index in [9.17, 15) is 9.59 Å². The molecule has 0 unspecified atom stereocenters. The summed E-state index contributed by atoms with van der Waals surface area (Å²) in [5.74, 6) is 0.602. The van der Waals surface area contributed by atoms with E-state index < -0.39 is 0 Å². The Morgan fingerprint density at radius 2 is 1.83 bits per heavy atom. The van der Waals surface area contributed by atoms with Crippen LogP contribution >= 0.6 is 0 Å². The molecule has 2 amide bonds. The zero-order valence-corrected chi connectivity index (χ0v) is 15.0. The van der Waals surface area contributed by atoms with E-state index >= 15 is 0 Å². The Morgan fingerprint density at radius 1 is 1.08 bits per heavy atom. The Bertz CT molecular complexity index is 563. The molecule has 0 saturated heterocycles. The highest BCUT2D eigenvalue weighted by molar-refractivity contribution is 5.95. The van der Waals surface area contributed by atoms with Crippen LogP contribution in [0.4, 0.5) is 5.69 Å². The minimum absolute atomic E-state index is 0.0260. The van der Waals surface area contributed by atoms with Crippen LogP contribution in [0.5, 0.6) is 0 Å². The molecule has 1 aromatic carbocycles. The molecule has 0 heterocycles. The monoisotopic (exact) mass is 330 g/mol. The Labute approximate surface area is 145 Å². The van der Waals surface area contributed by atoms with Gasteiger partial charge in [-0.3, -0.25) is 9.59 Å². The summed E-state index contributed by atoms with van der Waals surface area (Å²) in [6.07, 6.45) is 9.28. The lowest BCUT2D eigenvalue weighted by molar-refractivity contribution is -0.124. The van der Waals surface area contributed by atoms with Gasteiger partial charge in [0, 0.05) is 12.1 Å². The fourth-order valence-electron chi connectivity index (χ4n) is 3.38. The van der Waals surface area contributed by atoms with Gasteiger partial charge < -0.3 is 10.6 Å². The van der Waals surface area contributed by atoms with Crippen molar-refractivity contribution >= 4 is 17.5 Å². The molecule has 2 rings (SSSR count). The van der Waals surface area contributed by atoms with Crippen LogP contribution in [-0.4, -0.2) is 18.4 Å². The SMILES string of the molecule is Cc1cccc(NC(=O)CNC(=O)CCCC2CCCCC2)c1C. The third kappa shape index (κ3) is 5.99. The van der Waals surface area contributed by atoms with Crippen molar-refractivity contribution < 1.29 is 9.59 Å². The Kier molecular flexibility index (Phi) is 7.29. The van der Waals surface area contributed by atoms with Crippen LogP contribution in [-0.2, 0) is 9.59 Å². The maximum atomic E-state index is 12.0. The minimum atomic E-state index is -0.177. The van der Waals surface area contributed by atoms with Crippen molar-refractivity contribution in [2.75, 3.05) is 11.9 Å². The second-order valence-corrected chi connectivity index (χ2v) is 6.97. The van der Waals surface area contributed by atoms with Gasteiger partial charge in [-0.2, -0.15) is 0 Å². The fraction of sp³-hybridized carbons (Fsp3) is 0.600. The van der Waals surface area contributed by atoms with Crippen molar-refractivity contribution in [2.45, 2.75) is 65.2 Å². The molecule has 4 nitrogen and oxygen atoms in total. The van der Waals surface area contributed by atoms with Crippen molar-refractivity contribution in [3.8, 4) is 0 Å². The van der Waals surface area contributed by atoms with Crippen LogP contribution < -0.4 is 10.6 Å². The largest absolute Gasteiger partial charge is 0.347 e. The fourth-order valence-corrected chi connectivity index (χ4v) is 3.38. The summed E-state index contributed by atoms with van der Waals surface area (Å²) in [5, 5.41) is 5.58. The molecule has 1 aromatic rings. The molecular formula is C20H30N2O2. The van der Waals surface area contributed by atoms with Gasteiger partial charge in [-0.25, -0.2) is 0 Å². The number of aryl methyl sites for hydroxylation is 1. The number of carbonyl (C=O) groups excluding carboxylic acids is 2. The smallest absolute Gasteiger partial charge is 0.243 e. The Hall–Kier alpha value is -1.84. The van der Waals surface area contributed by atoms with Crippen LogP contribution in [0.1, 0.15) is 62.5 Å². The van der Waals surface area contributed by atoms with Crippen LogP contribution in [0.25, 0.3) is 0 Å². The van der Waals surface area contributed by atoms with Crippen LogP contribution in [0, 0.1) is 19.8 Å². The molecular weight excluding hydrogens is 300 g/mol. The molecule has 0 bridgehead atoms. The lowest BCUT2D eigenvalue weighted by atomic mass is 9.86. The first kappa shape index (κ1) is 18.5. The van der Waals surface area contributed by atoms with Gasteiger partial charge in [-0.05, 0) is 49.8 Å². The number of amides is 2. The lowest BCUT2D eigenvalue weighted by Crippen LogP contribution is -2.32. The summed E-state index contributed by atoms with van der Waals surface area (Å²) in [6.45, 7) is 4.03. The molecule has 0 aromatic heterocycles. The van der Waals surface area contributed by atoms with Crippen molar-refractivity contribution in [3.05, 3.63) is 29.3 Å². The molecule has 24 heavy (non-hydrogen) atoms. The zero-order chi connectivity index (χ0) is 17.4. The van der Waals surface area contributed by atoms with Gasteiger partial charge in [0.05, 0.1) is 6.54 Å². The van der Waals surface area contributed by atoms with E-state index in [2.05, 4.69) is 10.6 Å². The maximum absolute atomic E-state index is 12.0. The van der Waals surface area contributed by atoms with Gasteiger partial charge in [-0.1, -0.05) is 44.2 Å². The number of rotatable bonds is 7. The molecule has 2 N–H and O–H groups in total. The highest BCUT2D eigenvalue weighted by Gasteiger charge is 2.14. The van der Waals surface area contributed by atoms with Crippen LogP contribution in [0.3, 0.4) is 0 Å². The summed E-state index contributed by atoms with van der Waals surface area (Å²) >= 11 is 0. The molecule has 0 aliphatic heterocycles. The molecule has 1 fully saturated rings. The van der Waals surface area contributed by atoms with E-state index in [4.69, 9.17) is 0 Å². The quantitative estimate of drug-likeness (QED) is 0.790. The van der Waals surface area contributed by atoms with Crippen molar-refractivity contribution in [1.29, 1.82) is 0 Å². The molecule has 4 heteroatoms. The van der Waals surface area contributed by atoms with E-state index in [1.54, 1.807) is 0 Å². The van der Waals surface area contributed by atoms with Gasteiger partial charge in [0.15, 0.2) is 0 Å². The maximum Gasteiger partial charge on any atom is 0.243 e. The van der Waals surface area contributed by atoms with E-state index in [-0.39, 0.29) is 18.4 Å². The molecule has 132 valence electrons. The highest BCUT2D eigenvalue weighted by Crippen LogP contribution is 2.27. The summed E-state index contributed by atoms with van der Waals surface area (Å²) in [4.78, 5) is 23.8. The average Bonchev–Trinajstić information content (AvgIpc) is 2.58. The third-order valence-electron chi connectivity index (χ3n) is 5.07. The first-order chi connectivity index (χ1) is 11.6. The molecule has 1 saturated carbocycles. The summed E-state index contributed by atoms with van der Waals surface area (Å²) in [7, 11) is 0. The lowest BCUT2D eigenvalue weighted by Gasteiger charge is -2.21. The van der Waals surface area contributed by atoms with Crippen LogP contribution in [0.2, 0.25) is 0 Å². The van der Waals surface area contributed by atoms with Gasteiger partial charge in [0.25, 0.3) is 0 Å². The van der Waals surface area contributed by atoms with Crippen molar-refractivity contribution in [3.63, 3.8) is 0 Å².